The predicted octanol–water partition coefficient (Wildman–Crippen LogP) is 3.85. The van der Waals surface area contributed by atoms with E-state index in [4.69, 9.17) is 19.5 Å². The fourth-order valence-corrected chi connectivity index (χ4v) is 7.44. The molecule has 6 atom stereocenters. The van der Waals surface area contributed by atoms with E-state index in [1.807, 2.05) is 32.0 Å². The molecule has 0 saturated carbocycles. The summed E-state index contributed by atoms with van der Waals surface area (Å²) in [6.07, 6.45) is -0.749. The van der Waals surface area contributed by atoms with E-state index in [0.717, 1.165) is 40.9 Å². The van der Waals surface area contributed by atoms with Crippen molar-refractivity contribution in [1.82, 2.24) is 19.6 Å². The molecule has 15 heteroatoms. The van der Waals surface area contributed by atoms with Gasteiger partial charge >= 0.3 is 19.4 Å². The van der Waals surface area contributed by atoms with Crippen molar-refractivity contribution in [3.8, 4) is 5.75 Å². The number of fused-ring (bicyclic) bond motifs is 1. The van der Waals surface area contributed by atoms with Gasteiger partial charge in [-0.05, 0) is 24.3 Å². The SMILES string of the molecule is CCC(CC)COC(=O)[C@H](C)NP(=O)(OC[C@H]1S[C@@H](n2cnc(N)nc2=O)[C@@H](F)[C@H]1O)Oc1cccc2ccccc12. The number of esters is 1. The van der Waals surface area contributed by atoms with Gasteiger partial charge in [0.1, 0.15) is 29.6 Å². The molecule has 2 heterocycles. The highest BCUT2D eigenvalue weighted by Crippen LogP contribution is 2.50. The Hall–Kier alpha value is -3.03. The molecule has 42 heavy (non-hydrogen) atoms. The quantitative estimate of drug-likeness (QED) is 0.186. The first kappa shape index (κ1) is 31.9. The zero-order chi connectivity index (χ0) is 30.4. The van der Waals surface area contributed by atoms with Crippen molar-refractivity contribution >= 4 is 42.2 Å². The number of carbonyl (C=O) groups excluding carboxylic acids is 1. The molecule has 0 aliphatic carbocycles. The number of hydrogen-bond donors (Lipinski definition) is 3. The van der Waals surface area contributed by atoms with Crippen molar-refractivity contribution in [3.05, 3.63) is 59.3 Å². The summed E-state index contributed by atoms with van der Waals surface area (Å²) in [6.45, 7) is 5.24. The Morgan fingerprint density at radius 3 is 2.67 bits per heavy atom. The highest BCUT2D eigenvalue weighted by molar-refractivity contribution is 8.00. The lowest BCUT2D eigenvalue weighted by molar-refractivity contribution is -0.146. The summed E-state index contributed by atoms with van der Waals surface area (Å²) in [5.41, 5.74) is 4.60. The molecule has 1 fully saturated rings. The Morgan fingerprint density at radius 2 is 1.95 bits per heavy atom. The van der Waals surface area contributed by atoms with Crippen molar-refractivity contribution in [3.63, 3.8) is 0 Å². The van der Waals surface area contributed by atoms with E-state index in [2.05, 4.69) is 15.1 Å². The second-order valence-electron chi connectivity index (χ2n) is 9.93. The second kappa shape index (κ2) is 14.0. The van der Waals surface area contributed by atoms with Gasteiger partial charge in [-0.15, -0.1) is 11.8 Å². The molecule has 12 nitrogen and oxygen atoms in total. The van der Waals surface area contributed by atoms with Crippen LogP contribution in [0.2, 0.25) is 0 Å². The van der Waals surface area contributed by atoms with Crippen molar-refractivity contribution in [1.29, 1.82) is 0 Å². The number of alkyl halides is 1. The molecule has 2 aromatic carbocycles. The predicted molar refractivity (Wildman–Crippen MR) is 158 cm³/mol. The number of nitrogens with zero attached hydrogens (tertiary/aromatic N) is 3. The molecule has 1 aliphatic heterocycles. The number of nitrogen functional groups attached to an aromatic ring is 1. The van der Waals surface area contributed by atoms with Gasteiger partial charge in [-0.1, -0.05) is 63.1 Å². The number of carbonyl (C=O) groups is 1. The topological polar surface area (TPSA) is 168 Å². The molecule has 3 aromatic rings. The minimum absolute atomic E-state index is 0.192. The van der Waals surface area contributed by atoms with Crippen molar-refractivity contribution in [2.75, 3.05) is 18.9 Å². The molecular weight excluding hydrogens is 588 g/mol. The molecule has 228 valence electrons. The third-order valence-corrected chi connectivity index (χ3v) is 10.2. The smallest absolute Gasteiger partial charge is 0.459 e. The number of anilines is 1. The molecule has 1 aromatic heterocycles. The van der Waals surface area contributed by atoms with Crippen LogP contribution in [-0.2, 0) is 18.6 Å². The second-order valence-corrected chi connectivity index (χ2v) is 13.0. The van der Waals surface area contributed by atoms with Gasteiger partial charge in [0.05, 0.1) is 18.5 Å². The fourth-order valence-electron chi connectivity index (χ4n) is 4.40. The molecule has 4 N–H and O–H groups in total. The first-order chi connectivity index (χ1) is 20.0. The van der Waals surface area contributed by atoms with Crippen LogP contribution in [0, 0.1) is 5.92 Å². The average molecular weight is 624 g/mol. The van der Waals surface area contributed by atoms with Gasteiger partial charge in [0.2, 0.25) is 5.95 Å². The van der Waals surface area contributed by atoms with Gasteiger partial charge in [-0.2, -0.15) is 10.1 Å². The maximum atomic E-state index is 15.1. The van der Waals surface area contributed by atoms with E-state index in [1.165, 1.54) is 6.92 Å². The van der Waals surface area contributed by atoms with Crippen molar-refractivity contribution < 1.29 is 32.6 Å². The molecule has 0 amide bonds. The van der Waals surface area contributed by atoms with Crippen LogP contribution in [0.4, 0.5) is 10.3 Å². The van der Waals surface area contributed by atoms with Gasteiger partial charge < -0.3 is 20.1 Å². The highest BCUT2D eigenvalue weighted by atomic mass is 32.2. The Morgan fingerprint density at radius 1 is 1.24 bits per heavy atom. The zero-order valence-electron chi connectivity index (χ0n) is 23.5. The number of thioether (sulfide) groups is 1. The first-order valence-corrected chi connectivity index (χ1v) is 16.1. The van der Waals surface area contributed by atoms with Gasteiger partial charge in [-0.3, -0.25) is 13.9 Å². The number of nitrogens with two attached hydrogens (primary N) is 1. The monoisotopic (exact) mass is 623 g/mol. The van der Waals surface area contributed by atoms with Crippen LogP contribution in [0.15, 0.2) is 53.6 Å². The summed E-state index contributed by atoms with van der Waals surface area (Å²) < 4.78 is 47.3. The first-order valence-electron chi connectivity index (χ1n) is 13.6. The van der Waals surface area contributed by atoms with Gasteiger partial charge in [0, 0.05) is 5.39 Å². The van der Waals surface area contributed by atoms with Gasteiger partial charge in [0.15, 0.2) is 6.17 Å². The average Bonchev–Trinajstić information content (AvgIpc) is 3.25. The molecule has 1 unspecified atom stereocenters. The Balaban J connectivity index is 1.54. The maximum Gasteiger partial charge on any atom is 0.459 e. The normalized spacial score (nSPS) is 22.6. The van der Waals surface area contributed by atoms with E-state index in [-0.39, 0.29) is 24.2 Å². The number of benzene rings is 2. The zero-order valence-corrected chi connectivity index (χ0v) is 25.2. The molecule has 4 rings (SSSR count). The summed E-state index contributed by atoms with van der Waals surface area (Å²) >= 11 is 0.887. The minimum Gasteiger partial charge on any atom is -0.464 e. The van der Waals surface area contributed by atoms with Crippen LogP contribution >= 0.6 is 19.5 Å². The third-order valence-electron chi connectivity index (χ3n) is 7.01. The Kier molecular flexibility index (Phi) is 10.6. The number of hydrogen-bond acceptors (Lipinski definition) is 11. The number of aliphatic hydroxyl groups excluding tert-OH is 1. The number of nitrogens with one attached hydrogen (secondary N) is 1. The third kappa shape index (κ3) is 7.48. The number of aliphatic hydroxyl groups is 1. The van der Waals surface area contributed by atoms with E-state index >= 15 is 4.39 Å². The van der Waals surface area contributed by atoms with Gasteiger partial charge in [-0.25, -0.2) is 18.7 Å². The summed E-state index contributed by atoms with van der Waals surface area (Å²) in [4.78, 5) is 32.3. The minimum atomic E-state index is -4.33. The highest BCUT2D eigenvalue weighted by Gasteiger charge is 2.47. The lowest BCUT2D eigenvalue weighted by Crippen LogP contribution is -2.37. The van der Waals surface area contributed by atoms with E-state index in [1.54, 1.807) is 24.3 Å². The number of halogens is 1. The van der Waals surface area contributed by atoms with Crippen LogP contribution in [0.3, 0.4) is 0 Å². The van der Waals surface area contributed by atoms with Crippen molar-refractivity contribution in [2.45, 2.75) is 62.6 Å². The standard InChI is InChI=1S/C27H35FN5O7PS/c1-4-17(5-2)13-38-25(35)16(3)32-41(37,40-20-12-8-10-18-9-6-7-11-19(18)20)39-14-21-23(34)22(28)24(42-21)33-15-30-26(29)31-27(33)36/h6-12,15-17,21-24,34H,4-5,13-14H2,1-3H3,(H,32,37)(H2,29,31,36)/t16-,21+,22-,23-,24+,41?/m0/s1. The van der Waals surface area contributed by atoms with Crippen LogP contribution in [0.25, 0.3) is 10.8 Å². The largest absolute Gasteiger partial charge is 0.464 e. The molecule has 0 bridgehead atoms. The van der Waals surface area contributed by atoms with Crippen molar-refractivity contribution in [2.24, 2.45) is 5.92 Å². The molecule has 0 radical (unpaired) electrons. The van der Waals surface area contributed by atoms with E-state index in [0.29, 0.717) is 5.39 Å². The number of rotatable bonds is 13. The summed E-state index contributed by atoms with van der Waals surface area (Å²) in [7, 11) is -4.33. The number of ether oxygens (including phenoxy) is 1. The summed E-state index contributed by atoms with van der Waals surface area (Å²) in [5, 5.41) is 12.6. The molecule has 0 spiro atoms. The lowest BCUT2D eigenvalue weighted by atomic mass is 10.1. The van der Waals surface area contributed by atoms with E-state index in [9.17, 15) is 19.3 Å². The summed E-state index contributed by atoms with van der Waals surface area (Å²) in [5.74, 6) is -0.486. The maximum absolute atomic E-state index is 15.1. The fraction of sp³-hybridized carbons (Fsp3) is 0.481. The molecule has 1 aliphatic rings. The summed E-state index contributed by atoms with van der Waals surface area (Å²) in [6, 6.07) is 11.4. The lowest BCUT2D eigenvalue weighted by Gasteiger charge is -2.25. The Labute approximate surface area is 246 Å². The molecule has 1 saturated heterocycles. The molecular formula is C27H35FN5O7PS. The van der Waals surface area contributed by atoms with Crippen LogP contribution in [-0.4, -0.2) is 62.4 Å². The number of aromatic nitrogens is 3. The van der Waals surface area contributed by atoms with Crippen LogP contribution in [0.5, 0.6) is 5.75 Å². The van der Waals surface area contributed by atoms with Crippen LogP contribution in [0.1, 0.15) is 39.0 Å². The van der Waals surface area contributed by atoms with Crippen LogP contribution < -0.4 is 21.0 Å². The van der Waals surface area contributed by atoms with Gasteiger partial charge in [0.25, 0.3) is 0 Å². The Bertz CT molecular complexity index is 1490. The van der Waals surface area contributed by atoms with E-state index < -0.39 is 55.0 Å².